The topological polar surface area (TPSA) is 24.7 Å². The molecule has 0 spiro atoms. The molecule has 0 saturated heterocycles. The maximum Gasteiger partial charge on any atom is 0.223 e. The molecule has 106 valence electrons. The van der Waals surface area contributed by atoms with Crippen LogP contribution in [-0.2, 0) is 0 Å². The number of amidine groups is 1. The van der Waals surface area contributed by atoms with E-state index in [2.05, 4.69) is 40.8 Å². The molecule has 0 fully saturated rings. The standard InChI is InChI=1S/C17H14Cl2N2/c1-12(20-17(19)21-13(2)18)14-8-10-16(11-9-14)15-6-4-3-5-7-15/h3-11H,2H2,1H3/b20-12+,21-17-. The maximum atomic E-state index is 5.86. The van der Waals surface area contributed by atoms with Crippen LogP contribution in [0.15, 0.2) is 76.3 Å². The average molecular weight is 317 g/mol. The second-order valence-corrected chi connectivity index (χ2v) is 5.17. The van der Waals surface area contributed by atoms with Gasteiger partial charge in [0.1, 0.15) is 5.16 Å². The highest BCUT2D eigenvalue weighted by molar-refractivity contribution is 6.66. The lowest BCUT2D eigenvalue weighted by atomic mass is 10.0. The molecule has 0 saturated carbocycles. The van der Waals surface area contributed by atoms with Gasteiger partial charge in [-0.3, -0.25) is 0 Å². The van der Waals surface area contributed by atoms with Gasteiger partial charge in [-0.25, -0.2) is 9.98 Å². The molecule has 4 heteroatoms. The molecule has 2 aromatic carbocycles. The quantitative estimate of drug-likeness (QED) is 0.407. The first-order valence-corrected chi connectivity index (χ1v) is 7.11. The average Bonchev–Trinajstić information content (AvgIpc) is 2.47. The minimum atomic E-state index is 0.0691. The molecule has 0 N–H and O–H groups in total. The molecule has 0 unspecified atom stereocenters. The summed E-state index contributed by atoms with van der Waals surface area (Å²) in [5, 5.41) is 0.176. The molecule has 0 radical (unpaired) electrons. The van der Waals surface area contributed by atoms with Crippen molar-refractivity contribution in [2.45, 2.75) is 6.92 Å². The predicted molar refractivity (Wildman–Crippen MR) is 92.4 cm³/mol. The molecule has 0 aliphatic carbocycles. The molecule has 2 nitrogen and oxygen atoms in total. The summed E-state index contributed by atoms with van der Waals surface area (Å²) < 4.78 is 0. The molecule has 0 aliphatic heterocycles. The van der Waals surface area contributed by atoms with Gasteiger partial charge in [0.25, 0.3) is 0 Å². The monoisotopic (exact) mass is 316 g/mol. The van der Waals surface area contributed by atoms with Crippen LogP contribution < -0.4 is 0 Å². The lowest BCUT2D eigenvalue weighted by Gasteiger charge is -2.04. The highest BCUT2D eigenvalue weighted by atomic mass is 35.5. The fourth-order valence-corrected chi connectivity index (χ4v) is 2.21. The predicted octanol–water partition coefficient (Wildman–Crippen LogP) is 5.47. The van der Waals surface area contributed by atoms with Gasteiger partial charge in [0.15, 0.2) is 0 Å². The van der Waals surface area contributed by atoms with Crippen molar-refractivity contribution >= 4 is 34.2 Å². The Kier molecular flexibility index (Phi) is 5.32. The lowest BCUT2D eigenvalue weighted by molar-refractivity contribution is 1.48. The van der Waals surface area contributed by atoms with Crippen molar-refractivity contribution in [1.29, 1.82) is 0 Å². The van der Waals surface area contributed by atoms with E-state index in [0.29, 0.717) is 0 Å². The Morgan fingerprint density at radius 2 is 1.43 bits per heavy atom. The molecule has 0 amide bonds. The summed E-state index contributed by atoms with van der Waals surface area (Å²) in [6.07, 6.45) is 0. The Morgan fingerprint density at radius 1 is 0.857 bits per heavy atom. The van der Waals surface area contributed by atoms with Crippen LogP contribution in [0.25, 0.3) is 11.1 Å². The summed E-state index contributed by atoms with van der Waals surface area (Å²) in [4.78, 5) is 7.95. The highest BCUT2D eigenvalue weighted by Gasteiger charge is 2.01. The van der Waals surface area contributed by atoms with Crippen LogP contribution in [0.5, 0.6) is 0 Å². The second-order valence-electron chi connectivity index (χ2n) is 4.40. The van der Waals surface area contributed by atoms with E-state index in [9.17, 15) is 0 Å². The molecule has 0 aliphatic rings. The smallest absolute Gasteiger partial charge is 0.223 e. The second kappa shape index (κ2) is 7.21. The first kappa shape index (κ1) is 15.5. The van der Waals surface area contributed by atoms with E-state index < -0.39 is 0 Å². The number of halogens is 2. The van der Waals surface area contributed by atoms with Crippen LogP contribution in [0.4, 0.5) is 0 Å². The van der Waals surface area contributed by atoms with Crippen molar-refractivity contribution < 1.29 is 0 Å². The van der Waals surface area contributed by atoms with Gasteiger partial charge in [0.2, 0.25) is 5.29 Å². The van der Waals surface area contributed by atoms with Crippen LogP contribution in [0.2, 0.25) is 0 Å². The van der Waals surface area contributed by atoms with Crippen LogP contribution in [0, 0.1) is 0 Å². The lowest BCUT2D eigenvalue weighted by Crippen LogP contribution is -1.97. The normalized spacial score (nSPS) is 12.3. The molecule has 2 aromatic rings. The summed E-state index contributed by atoms with van der Waals surface area (Å²) in [7, 11) is 0. The SMILES string of the molecule is C=C(Cl)/N=C(Cl)\N=C(/C)c1ccc(-c2ccccc2)cc1. The Balaban J connectivity index is 2.23. The number of aliphatic imine (C=N–C) groups is 2. The Labute approximate surface area is 134 Å². The zero-order chi connectivity index (χ0) is 15.2. The summed E-state index contributed by atoms with van der Waals surface area (Å²) in [6, 6.07) is 18.3. The number of hydrogen-bond acceptors (Lipinski definition) is 1. The maximum absolute atomic E-state index is 5.86. The minimum Gasteiger partial charge on any atom is -0.223 e. The van der Waals surface area contributed by atoms with Gasteiger partial charge >= 0.3 is 0 Å². The van der Waals surface area contributed by atoms with Crippen molar-refractivity contribution in [2.24, 2.45) is 9.98 Å². The van der Waals surface area contributed by atoms with E-state index in [-0.39, 0.29) is 10.5 Å². The molecule has 0 heterocycles. The van der Waals surface area contributed by atoms with E-state index in [1.54, 1.807) is 0 Å². The number of benzene rings is 2. The van der Waals surface area contributed by atoms with Gasteiger partial charge in [0, 0.05) is 5.71 Å². The van der Waals surface area contributed by atoms with Gasteiger partial charge < -0.3 is 0 Å². The van der Waals surface area contributed by atoms with Gasteiger partial charge in [-0.15, -0.1) is 0 Å². The third-order valence-corrected chi connectivity index (χ3v) is 3.14. The Bertz CT molecular complexity index is 686. The van der Waals surface area contributed by atoms with Crippen molar-refractivity contribution in [3.05, 3.63) is 71.9 Å². The Morgan fingerprint density at radius 3 is 2.00 bits per heavy atom. The van der Waals surface area contributed by atoms with Crippen molar-refractivity contribution in [2.75, 3.05) is 0 Å². The third-order valence-electron chi connectivity index (χ3n) is 2.88. The van der Waals surface area contributed by atoms with Gasteiger partial charge in [-0.05, 0) is 35.2 Å². The molecule has 0 atom stereocenters. The van der Waals surface area contributed by atoms with Crippen molar-refractivity contribution in [1.82, 2.24) is 0 Å². The zero-order valence-corrected chi connectivity index (χ0v) is 13.1. The van der Waals surface area contributed by atoms with Gasteiger partial charge in [-0.1, -0.05) is 72.8 Å². The zero-order valence-electron chi connectivity index (χ0n) is 11.6. The third kappa shape index (κ3) is 4.55. The van der Waals surface area contributed by atoms with E-state index >= 15 is 0 Å². The fraction of sp³-hybridized carbons (Fsp3) is 0.0588. The van der Waals surface area contributed by atoms with E-state index in [0.717, 1.165) is 16.8 Å². The molecule has 2 rings (SSSR count). The Hall–Kier alpha value is -1.90. The summed E-state index contributed by atoms with van der Waals surface area (Å²) >= 11 is 11.4. The molecule has 0 aromatic heterocycles. The fourth-order valence-electron chi connectivity index (χ4n) is 1.86. The number of hydrogen-bond donors (Lipinski definition) is 0. The molecule has 21 heavy (non-hydrogen) atoms. The van der Waals surface area contributed by atoms with Crippen LogP contribution in [0.3, 0.4) is 0 Å². The van der Waals surface area contributed by atoms with Crippen molar-refractivity contribution in [3.8, 4) is 11.1 Å². The highest BCUT2D eigenvalue weighted by Crippen LogP contribution is 2.19. The van der Waals surface area contributed by atoms with E-state index in [1.165, 1.54) is 5.56 Å². The van der Waals surface area contributed by atoms with Crippen molar-refractivity contribution in [3.63, 3.8) is 0 Å². The molecular weight excluding hydrogens is 303 g/mol. The summed E-state index contributed by atoms with van der Waals surface area (Å²) in [5.74, 6) is 0. The van der Waals surface area contributed by atoms with Crippen LogP contribution in [-0.4, -0.2) is 11.0 Å². The summed E-state index contributed by atoms with van der Waals surface area (Å²) in [6.45, 7) is 5.31. The van der Waals surface area contributed by atoms with E-state index in [4.69, 9.17) is 23.2 Å². The van der Waals surface area contributed by atoms with Crippen LogP contribution in [0.1, 0.15) is 12.5 Å². The molecular formula is C17H14Cl2N2. The first-order valence-electron chi connectivity index (χ1n) is 6.36. The number of rotatable bonds is 3. The number of nitrogens with zero attached hydrogens (tertiary/aromatic N) is 2. The first-order chi connectivity index (χ1) is 10.1. The summed E-state index contributed by atoms with van der Waals surface area (Å²) in [5.41, 5.74) is 4.07. The van der Waals surface area contributed by atoms with Gasteiger partial charge in [-0.2, -0.15) is 0 Å². The minimum absolute atomic E-state index is 0.0691. The van der Waals surface area contributed by atoms with Gasteiger partial charge in [0.05, 0.1) is 0 Å². The van der Waals surface area contributed by atoms with Crippen LogP contribution >= 0.6 is 23.2 Å². The van der Waals surface area contributed by atoms with E-state index in [1.807, 2.05) is 37.3 Å². The largest absolute Gasteiger partial charge is 0.223 e. The molecule has 0 bridgehead atoms.